The van der Waals surface area contributed by atoms with Gasteiger partial charge < -0.3 is 15.4 Å². The highest BCUT2D eigenvalue weighted by atomic mass is 35.5. The molecule has 1 aromatic rings. The number of benzene rings is 1. The molecule has 2 rings (SSSR count). The third-order valence-electron chi connectivity index (χ3n) is 3.13. The summed E-state index contributed by atoms with van der Waals surface area (Å²) in [6.45, 7) is 0.237. The van der Waals surface area contributed by atoms with Crippen LogP contribution >= 0.6 is 12.4 Å². The predicted molar refractivity (Wildman–Crippen MR) is 74.7 cm³/mol. The lowest BCUT2D eigenvalue weighted by atomic mass is 10.1. The molecule has 1 aromatic carbocycles. The van der Waals surface area contributed by atoms with Crippen LogP contribution in [0.2, 0.25) is 0 Å². The Labute approximate surface area is 122 Å². The maximum absolute atomic E-state index is 12.3. The van der Waals surface area contributed by atoms with E-state index in [1.165, 1.54) is 6.07 Å². The van der Waals surface area contributed by atoms with E-state index in [1.54, 1.807) is 19.1 Å². The van der Waals surface area contributed by atoms with Gasteiger partial charge in [0.2, 0.25) is 5.91 Å². The van der Waals surface area contributed by atoms with Crippen LogP contribution in [0.4, 0.5) is 14.5 Å². The first-order valence-electron chi connectivity index (χ1n) is 6.14. The largest absolute Gasteiger partial charge is 0.433 e. The van der Waals surface area contributed by atoms with Crippen LogP contribution in [0.15, 0.2) is 18.2 Å². The third kappa shape index (κ3) is 4.05. The average Bonchev–Trinajstić information content (AvgIpc) is 2.86. The Bertz CT molecular complexity index is 466. The molecule has 0 radical (unpaired) electrons. The van der Waals surface area contributed by atoms with E-state index in [0.717, 1.165) is 13.0 Å². The van der Waals surface area contributed by atoms with Crippen LogP contribution in [0.3, 0.4) is 0 Å². The summed E-state index contributed by atoms with van der Waals surface area (Å²) in [5.41, 5.74) is 1.01. The molecule has 1 aliphatic rings. The molecule has 1 fully saturated rings. The number of nitrogens with one attached hydrogen (secondary N) is 2. The van der Waals surface area contributed by atoms with Crippen molar-refractivity contribution in [1.82, 2.24) is 5.32 Å². The van der Waals surface area contributed by atoms with Gasteiger partial charge in [0.25, 0.3) is 0 Å². The number of anilines is 1. The lowest BCUT2D eigenvalue weighted by Crippen LogP contribution is -2.25. The van der Waals surface area contributed by atoms with E-state index in [2.05, 4.69) is 15.4 Å². The summed E-state index contributed by atoms with van der Waals surface area (Å²) in [4.78, 5) is 12.0. The summed E-state index contributed by atoms with van der Waals surface area (Å²) >= 11 is 0. The van der Waals surface area contributed by atoms with E-state index in [1.807, 2.05) is 0 Å². The average molecular weight is 307 g/mol. The van der Waals surface area contributed by atoms with Gasteiger partial charge in [0, 0.05) is 6.54 Å². The zero-order valence-corrected chi connectivity index (χ0v) is 11.8. The second-order valence-electron chi connectivity index (χ2n) is 4.51. The van der Waals surface area contributed by atoms with Crippen molar-refractivity contribution < 1.29 is 18.3 Å². The Morgan fingerprint density at radius 3 is 2.85 bits per heavy atom. The lowest BCUT2D eigenvalue weighted by molar-refractivity contribution is -0.119. The van der Waals surface area contributed by atoms with Crippen molar-refractivity contribution in [1.29, 1.82) is 0 Å². The van der Waals surface area contributed by atoms with Gasteiger partial charge in [-0.15, -0.1) is 12.4 Å². The van der Waals surface area contributed by atoms with Crippen LogP contribution < -0.4 is 15.4 Å². The first-order chi connectivity index (χ1) is 9.08. The van der Waals surface area contributed by atoms with E-state index < -0.39 is 6.61 Å². The van der Waals surface area contributed by atoms with Crippen LogP contribution in [0.25, 0.3) is 0 Å². The highest BCUT2D eigenvalue weighted by molar-refractivity contribution is 5.95. The molecular weight excluding hydrogens is 290 g/mol. The molecular formula is C13H17ClF2N2O2. The van der Waals surface area contributed by atoms with Gasteiger partial charge in [-0.3, -0.25) is 4.79 Å². The van der Waals surface area contributed by atoms with E-state index in [-0.39, 0.29) is 30.0 Å². The number of hydrogen-bond acceptors (Lipinski definition) is 3. The molecule has 0 aromatic heterocycles. The molecule has 2 N–H and O–H groups in total. The Balaban J connectivity index is 0.00000200. The van der Waals surface area contributed by atoms with Gasteiger partial charge >= 0.3 is 6.61 Å². The third-order valence-corrected chi connectivity index (χ3v) is 3.13. The quantitative estimate of drug-likeness (QED) is 0.899. The molecule has 0 spiro atoms. The fraction of sp³-hybridized carbons (Fsp3) is 0.462. The van der Waals surface area contributed by atoms with Crippen molar-refractivity contribution in [3.63, 3.8) is 0 Å². The van der Waals surface area contributed by atoms with E-state index in [4.69, 9.17) is 0 Å². The molecule has 0 saturated carbocycles. The minimum Gasteiger partial charge on any atom is -0.433 e. The second kappa shape index (κ2) is 7.40. The Kier molecular flexibility index (Phi) is 6.16. The number of ether oxygens (including phenoxy) is 1. The maximum atomic E-state index is 12.3. The molecule has 1 aliphatic heterocycles. The molecule has 112 valence electrons. The van der Waals surface area contributed by atoms with Crippen LogP contribution in [-0.4, -0.2) is 25.6 Å². The Morgan fingerprint density at radius 2 is 2.25 bits per heavy atom. The van der Waals surface area contributed by atoms with Crippen LogP contribution in [-0.2, 0) is 4.79 Å². The van der Waals surface area contributed by atoms with Crippen LogP contribution in [0.1, 0.15) is 12.0 Å². The van der Waals surface area contributed by atoms with Gasteiger partial charge in [0.15, 0.2) is 0 Å². The summed E-state index contributed by atoms with van der Waals surface area (Å²) in [6, 6.07) is 4.77. The molecule has 1 atom stereocenters. The fourth-order valence-electron chi connectivity index (χ4n) is 2.10. The Morgan fingerprint density at radius 1 is 1.50 bits per heavy atom. The molecule has 1 amide bonds. The van der Waals surface area contributed by atoms with Crippen molar-refractivity contribution in [3.8, 4) is 5.75 Å². The van der Waals surface area contributed by atoms with Gasteiger partial charge in [0.1, 0.15) is 5.75 Å². The molecule has 1 unspecified atom stereocenters. The number of carbonyl (C=O) groups excluding carboxylic acids is 1. The molecule has 1 saturated heterocycles. The van der Waals surface area contributed by atoms with Crippen molar-refractivity contribution in [2.75, 3.05) is 18.4 Å². The number of halogens is 3. The standard InChI is InChI=1S/C13H16F2N2O2.ClH/c1-8-3-2-4-10(19-13(14)15)11(8)17-12(18)9-5-6-16-7-9;/h2-4,9,13,16H,5-7H2,1H3,(H,17,18);1H. The summed E-state index contributed by atoms with van der Waals surface area (Å²) in [6.07, 6.45) is 0.753. The first kappa shape index (κ1) is 16.7. The van der Waals surface area contributed by atoms with Gasteiger partial charge in [-0.05, 0) is 31.5 Å². The van der Waals surface area contributed by atoms with Gasteiger partial charge in [0.05, 0.1) is 11.6 Å². The molecule has 4 nitrogen and oxygen atoms in total. The minimum absolute atomic E-state index is 0. The van der Waals surface area contributed by atoms with Gasteiger partial charge in [-0.1, -0.05) is 12.1 Å². The minimum atomic E-state index is -2.91. The van der Waals surface area contributed by atoms with Crippen LogP contribution in [0, 0.1) is 12.8 Å². The Hall–Kier alpha value is -1.40. The maximum Gasteiger partial charge on any atom is 0.387 e. The van der Waals surface area contributed by atoms with Crippen molar-refractivity contribution in [3.05, 3.63) is 23.8 Å². The van der Waals surface area contributed by atoms with E-state index in [0.29, 0.717) is 17.8 Å². The second-order valence-corrected chi connectivity index (χ2v) is 4.51. The number of rotatable bonds is 4. The monoisotopic (exact) mass is 306 g/mol. The first-order valence-corrected chi connectivity index (χ1v) is 6.14. The normalized spacial score (nSPS) is 17.7. The molecule has 7 heteroatoms. The highest BCUT2D eigenvalue weighted by Crippen LogP contribution is 2.30. The number of alkyl halides is 2. The summed E-state index contributed by atoms with van der Waals surface area (Å²) in [7, 11) is 0. The van der Waals surface area contributed by atoms with E-state index >= 15 is 0 Å². The number of aryl methyl sites for hydroxylation is 1. The number of hydrogen-bond donors (Lipinski definition) is 2. The van der Waals surface area contributed by atoms with E-state index in [9.17, 15) is 13.6 Å². The molecule has 1 heterocycles. The van der Waals surface area contributed by atoms with Crippen molar-refractivity contribution >= 4 is 24.0 Å². The number of carbonyl (C=O) groups is 1. The van der Waals surface area contributed by atoms with Crippen LogP contribution in [0.5, 0.6) is 5.75 Å². The summed E-state index contributed by atoms with van der Waals surface area (Å²) in [5.74, 6) is -0.299. The zero-order valence-electron chi connectivity index (χ0n) is 11.0. The number of para-hydroxylation sites is 1. The predicted octanol–water partition coefficient (Wildman–Crippen LogP) is 2.57. The lowest BCUT2D eigenvalue weighted by Gasteiger charge is -2.16. The van der Waals surface area contributed by atoms with Gasteiger partial charge in [-0.2, -0.15) is 8.78 Å². The fourth-order valence-corrected chi connectivity index (χ4v) is 2.10. The number of amides is 1. The zero-order chi connectivity index (χ0) is 13.8. The summed E-state index contributed by atoms with van der Waals surface area (Å²) < 4.78 is 29.1. The molecule has 0 aliphatic carbocycles. The molecule has 20 heavy (non-hydrogen) atoms. The SMILES string of the molecule is Cc1cccc(OC(F)F)c1NC(=O)C1CCNC1.Cl. The summed E-state index contributed by atoms with van der Waals surface area (Å²) in [5, 5.41) is 5.78. The molecule has 0 bridgehead atoms. The highest BCUT2D eigenvalue weighted by Gasteiger charge is 2.24. The smallest absolute Gasteiger partial charge is 0.387 e. The van der Waals surface area contributed by atoms with Gasteiger partial charge in [-0.25, -0.2) is 0 Å². The van der Waals surface area contributed by atoms with Crippen molar-refractivity contribution in [2.45, 2.75) is 20.0 Å². The van der Waals surface area contributed by atoms with Crippen molar-refractivity contribution in [2.24, 2.45) is 5.92 Å². The topological polar surface area (TPSA) is 50.4 Å².